The van der Waals surface area contributed by atoms with Crippen LogP contribution in [0, 0.1) is 4.77 Å². The van der Waals surface area contributed by atoms with Crippen molar-refractivity contribution < 1.29 is 32.2 Å². The molecular weight excluding hydrogens is 422 g/mol. The molecule has 0 unspecified atom stereocenters. The van der Waals surface area contributed by atoms with Crippen LogP contribution in [0.4, 0.5) is 8.78 Å². The molecule has 12 heteroatoms. The Labute approximate surface area is 173 Å². The van der Waals surface area contributed by atoms with Crippen LogP contribution in [-0.4, -0.2) is 41.3 Å². The molecule has 2 aromatic heterocycles. The number of methoxy groups -OCH3 is 2. The van der Waals surface area contributed by atoms with Crippen molar-refractivity contribution in [1.29, 1.82) is 0 Å². The van der Waals surface area contributed by atoms with Crippen molar-refractivity contribution in [3.05, 3.63) is 58.0 Å². The molecule has 0 saturated carbocycles. The maximum absolute atomic E-state index is 12.9. The van der Waals surface area contributed by atoms with Crippen LogP contribution in [0.5, 0.6) is 11.5 Å². The van der Waals surface area contributed by atoms with Crippen molar-refractivity contribution in [3.8, 4) is 11.5 Å². The second kappa shape index (κ2) is 9.31. The summed E-state index contributed by atoms with van der Waals surface area (Å²) in [6, 6.07) is 7.94. The molecule has 0 saturated heterocycles. The fourth-order valence-corrected chi connectivity index (χ4v) is 2.57. The lowest BCUT2D eigenvalue weighted by atomic mass is 10.2. The Morgan fingerprint density at radius 3 is 2.83 bits per heavy atom. The second-order valence-corrected chi connectivity index (χ2v) is 6.09. The van der Waals surface area contributed by atoms with E-state index in [1.807, 2.05) is 0 Å². The van der Waals surface area contributed by atoms with E-state index in [0.717, 1.165) is 4.68 Å². The summed E-state index contributed by atoms with van der Waals surface area (Å²) in [5.41, 5.74) is 0.550. The first-order chi connectivity index (χ1) is 14.4. The summed E-state index contributed by atoms with van der Waals surface area (Å²) in [5.74, 6) is 0.0816. The molecule has 2 heterocycles. The van der Waals surface area contributed by atoms with Crippen molar-refractivity contribution in [2.24, 2.45) is 5.10 Å². The number of furan rings is 1. The molecule has 3 aromatic rings. The number of aromatic nitrogens is 3. The van der Waals surface area contributed by atoms with Crippen molar-refractivity contribution in [2.45, 2.75) is 13.0 Å². The zero-order valence-electron chi connectivity index (χ0n) is 15.8. The second-order valence-electron chi connectivity index (χ2n) is 5.70. The quantitative estimate of drug-likeness (QED) is 0.325. The van der Waals surface area contributed by atoms with Crippen LogP contribution in [0.25, 0.3) is 0 Å². The summed E-state index contributed by atoms with van der Waals surface area (Å²) < 4.78 is 47.5. The Morgan fingerprint density at radius 1 is 1.33 bits per heavy atom. The van der Waals surface area contributed by atoms with Crippen molar-refractivity contribution in [2.75, 3.05) is 14.2 Å². The molecule has 0 spiro atoms. The molecular formula is C18H16F2N4O5S. The number of ether oxygens (including phenoxy) is 3. The Balaban J connectivity index is 1.74. The van der Waals surface area contributed by atoms with Gasteiger partial charge in [-0.1, -0.05) is 0 Å². The molecule has 3 rings (SSSR count). The Morgan fingerprint density at radius 2 is 2.13 bits per heavy atom. The van der Waals surface area contributed by atoms with Crippen molar-refractivity contribution in [3.63, 3.8) is 0 Å². The summed E-state index contributed by atoms with van der Waals surface area (Å²) in [7, 11) is 2.71. The zero-order chi connectivity index (χ0) is 21.7. The van der Waals surface area contributed by atoms with Gasteiger partial charge in [-0.25, -0.2) is 18.7 Å². The maximum Gasteiger partial charge on any atom is 0.373 e. The van der Waals surface area contributed by atoms with Gasteiger partial charge in [0.25, 0.3) is 6.43 Å². The van der Waals surface area contributed by atoms with Gasteiger partial charge in [0.2, 0.25) is 16.4 Å². The van der Waals surface area contributed by atoms with E-state index in [-0.39, 0.29) is 17.1 Å². The Kier molecular flexibility index (Phi) is 6.57. The number of carbonyl (C=O) groups is 1. The van der Waals surface area contributed by atoms with E-state index in [1.165, 1.54) is 26.5 Å². The van der Waals surface area contributed by atoms with Crippen LogP contribution in [0.1, 0.15) is 34.1 Å². The van der Waals surface area contributed by atoms with Gasteiger partial charge in [0.15, 0.2) is 11.5 Å². The van der Waals surface area contributed by atoms with Gasteiger partial charge in [0.1, 0.15) is 12.4 Å². The Bertz CT molecular complexity index is 1120. The highest BCUT2D eigenvalue weighted by Crippen LogP contribution is 2.28. The number of hydrogen-bond donors (Lipinski definition) is 1. The molecule has 0 fully saturated rings. The van der Waals surface area contributed by atoms with E-state index in [4.69, 9.17) is 26.1 Å². The lowest BCUT2D eigenvalue weighted by Crippen LogP contribution is -2.00. The van der Waals surface area contributed by atoms with E-state index in [0.29, 0.717) is 22.8 Å². The van der Waals surface area contributed by atoms with E-state index in [2.05, 4.69) is 20.0 Å². The number of rotatable bonds is 8. The van der Waals surface area contributed by atoms with Gasteiger partial charge in [0, 0.05) is 0 Å². The number of carbonyl (C=O) groups excluding carboxylic acids is 1. The average molecular weight is 438 g/mol. The van der Waals surface area contributed by atoms with Crippen LogP contribution in [0.2, 0.25) is 0 Å². The van der Waals surface area contributed by atoms with Crippen LogP contribution in [-0.2, 0) is 11.3 Å². The lowest BCUT2D eigenvalue weighted by molar-refractivity contribution is 0.0561. The number of nitrogens with zero attached hydrogens (tertiary/aromatic N) is 3. The molecule has 0 amide bonds. The first-order valence-electron chi connectivity index (χ1n) is 8.40. The van der Waals surface area contributed by atoms with Crippen LogP contribution < -0.4 is 9.47 Å². The molecule has 0 aliphatic heterocycles. The normalized spacial score (nSPS) is 11.2. The van der Waals surface area contributed by atoms with Crippen LogP contribution >= 0.6 is 12.2 Å². The van der Waals surface area contributed by atoms with Crippen LogP contribution in [0.3, 0.4) is 0 Å². The van der Waals surface area contributed by atoms with E-state index in [1.54, 1.807) is 24.3 Å². The zero-order valence-corrected chi connectivity index (χ0v) is 16.6. The monoisotopic (exact) mass is 438 g/mol. The highest BCUT2D eigenvalue weighted by molar-refractivity contribution is 7.71. The minimum atomic E-state index is -2.83. The summed E-state index contributed by atoms with van der Waals surface area (Å²) >= 11 is 4.90. The van der Waals surface area contributed by atoms with Gasteiger partial charge in [-0.2, -0.15) is 14.9 Å². The third-order valence-electron chi connectivity index (χ3n) is 3.80. The molecule has 0 bridgehead atoms. The van der Waals surface area contributed by atoms with Crippen molar-refractivity contribution in [1.82, 2.24) is 14.9 Å². The molecule has 158 valence electrons. The summed E-state index contributed by atoms with van der Waals surface area (Å²) in [5, 5.41) is 9.66. The third-order valence-corrected chi connectivity index (χ3v) is 4.06. The number of halogens is 2. The fraction of sp³-hybridized carbons (Fsp3) is 0.222. The van der Waals surface area contributed by atoms with Gasteiger partial charge in [-0.15, -0.1) is 0 Å². The van der Waals surface area contributed by atoms with Gasteiger partial charge in [-0.05, 0) is 48.1 Å². The first kappa shape index (κ1) is 21.2. The fourth-order valence-electron chi connectivity index (χ4n) is 2.38. The molecule has 0 radical (unpaired) electrons. The SMILES string of the molecule is COC(=O)c1ccc(COc2ccc(/C=N\n3c(C(F)F)n[nH]c3=S)cc2OC)o1. The summed E-state index contributed by atoms with van der Waals surface area (Å²) in [6.45, 7) is 0.0444. The number of H-pyrrole nitrogens is 1. The molecule has 1 N–H and O–H groups in total. The first-order valence-corrected chi connectivity index (χ1v) is 8.81. The molecule has 0 atom stereocenters. The predicted molar refractivity (Wildman–Crippen MR) is 103 cm³/mol. The number of benzene rings is 1. The molecule has 30 heavy (non-hydrogen) atoms. The highest BCUT2D eigenvalue weighted by atomic mass is 32.1. The molecule has 0 aliphatic carbocycles. The van der Waals surface area contributed by atoms with Gasteiger partial charge in [-0.3, -0.25) is 0 Å². The number of hydrogen-bond acceptors (Lipinski definition) is 8. The van der Waals surface area contributed by atoms with Gasteiger partial charge < -0.3 is 18.6 Å². The van der Waals surface area contributed by atoms with Crippen molar-refractivity contribution >= 4 is 24.4 Å². The Hall–Kier alpha value is -3.54. The summed E-state index contributed by atoms with van der Waals surface area (Å²) in [4.78, 5) is 11.4. The number of esters is 1. The van der Waals surface area contributed by atoms with E-state index < -0.39 is 18.2 Å². The molecule has 1 aromatic carbocycles. The largest absolute Gasteiger partial charge is 0.493 e. The number of alkyl halides is 2. The maximum atomic E-state index is 12.9. The standard InChI is InChI=1S/C18H16F2N4O5S/c1-26-14-7-10(8-21-24-16(15(19)20)22-23-18(24)30)3-5-12(14)28-9-11-4-6-13(29-11)17(25)27-2/h3-8,15H,9H2,1-2H3,(H,23,30)/b21-8-. The molecule has 0 aliphatic rings. The third kappa shape index (κ3) is 4.71. The smallest absolute Gasteiger partial charge is 0.373 e. The van der Waals surface area contributed by atoms with Crippen LogP contribution in [0.15, 0.2) is 39.9 Å². The minimum Gasteiger partial charge on any atom is -0.493 e. The lowest BCUT2D eigenvalue weighted by Gasteiger charge is -2.10. The topological polar surface area (TPSA) is 104 Å². The number of nitrogens with one attached hydrogen (secondary N) is 1. The predicted octanol–water partition coefficient (Wildman–Crippen LogP) is 3.73. The minimum absolute atomic E-state index is 0.0444. The van der Waals surface area contributed by atoms with E-state index >= 15 is 0 Å². The van der Waals surface area contributed by atoms with E-state index in [9.17, 15) is 13.6 Å². The molecule has 9 nitrogen and oxygen atoms in total. The number of aromatic amines is 1. The highest BCUT2D eigenvalue weighted by Gasteiger charge is 2.16. The van der Waals surface area contributed by atoms with Gasteiger partial charge >= 0.3 is 5.97 Å². The summed E-state index contributed by atoms with van der Waals surface area (Å²) in [6.07, 6.45) is -1.50. The van der Waals surface area contributed by atoms with Gasteiger partial charge in [0.05, 0.1) is 20.4 Å². The average Bonchev–Trinajstić information content (AvgIpc) is 3.37.